The van der Waals surface area contributed by atoms with Crippen LogP contribution in [-0.2, 0) is 16.1 Å². The van der Waals surface area contributed by atoms with Crippen molar-refractivity contribution in [3.05, 3.63) is 35.4 Å². The molecule has 0 saturated carbocycles. The fourth-order valence-electron chi connectivity index (χ4n) is 2.82. The summed E-state index contributed by atoms with van der Waals surface area (Å²) in [6.07, 6.45) is 1.29. The van der Waals surface area contributed by atoms with E-state index in [1.165, 1.54) is 0 Å². The van der Waals surface area contributed by atoms with Crippen LogP contribution in [0.2, 0.25) is 0 Å². The van der Waals surface area contributed by atoms with Crippen LogP contribution in [0, 0.1) is 12.8 Å². The van der Waals surface area contributed by atoms with Crippen molar-refractivity contribution in [1.29, 1.82) is 0 Å². The SMILES string of the molecule is Cc1ccccc1CNC(=O)[C@@H]1CCCN(C(=O)OC(C)(C)C)C1. The van der Waals surface area contributed by atoms with Crippen molar-refractivity contribution in [1.82, 2.24) is 10.2 Å². The van der Waals surface area contributed by atoms with E-state index in [0.29, 0.717) is 19.6 Å². The molecule has 0 bridgehead atoms. The molecular formula is C19H28N2O3. The summed E-state index contributed by atoms with van der Waals surface area (Å²) >= 11 is 0. The van der Waals surface area contributed by atoms with Crippen molar-refractivity contribution < 1.29 is 14.3 Å². The zero-order valence-corrected chi connectivity index (χ0v) is 15.1. The molecule has 0 radical (unpaired) electrons. The summed E-state index contributed by atoms with van der Waals surface area (Å²) in [4.78, 5) is 26.3. The third-order valence-electron chi connectivity index (χ3n) is 4.16. The van der Waals surface area contributed by atoms with E-state index in [0.717, 1.165) is 24.0 Å². The van der Waals surface area contributed by atoms with Crippen molar-refractivity contribution in [3.63, 3.8) is 0 Å². The number of nitrogens with one attached hydrogen (secondary N) is 1. The van der Waals surface area contributed by atoms with Gasteiger partial charge in [0.05, 0.1) is 5.92 Å². The third-order valence-corrected chi connectivity index (χ3v) is 4.16. The van der Waals surface area contributed by atoms with Gasteiger partial charge in [0.1, 0.15) is 5.60 Å². The Morgan fingerprint density at radius 1 is 1.29 bits per heavy atom. The Balaban J connectivity index is 1.88. The summed E-state index contributed by atoms with van der Waals surface area (Å²) in [7, 11) is 0. The van der Waals surface area contributed by atoms with E-state index in [1.54, 1.807) is 4.90 Å². The summed E-state index contributed by atoms with van der Waals surface area (Å²) in [5.41, 5.74) is 1.76. The van der Waals surface area contributed by atoms with Crippen molar-refractivity contribution in [2.45, 2.75) is 52.7 Å². The number of benzene rings is 1. The van der Waals surface area contributed by atoms with Crippen molar-refractivity contribution >= 4 is 12.0 Å². The number of likely N-dealkylation sites (tertiary alicyclic amines) is 1. The minimum Gasteiger partial charge on any atom is -0.444 e. The van der Waals surface area contributed by atoms with Crippen molar-refractivity contribution in [3.8, 4) is 0 Å². The van der Waals surface area contributed by atoms with E-state index in [-0.39, 0.29) is 17.9 Å². The maximum absolute atomic E-state index is 12.4. The van der Waals surface area contributed by atoms with E-state index >= 15 is 0 Å². The Morgan fingerprint density at radius 2 is 2.00 bits per heavy atom. The number of ether oxygens (including phenoxy) is 1. The number of amides is 2. The molecule has 1 atom stereocenters. The largest absolute Gasteiger partial charge is 0.444 e. The van der Waals surface area contributed by atoms with Gasteiger partial charge in [0.25, 0.3) is 0 Å². The molecule has 0 aromatic heterocycles. The van der Waals surface area contributed by atoms with Gasteiger partial charge in [-0.05, 0) is 51.7 Å². The Labute approximate surface area is 144 Å². The van der Waals surface area contributed by atoms with Crippen LogP contribution in [0.25, 0.3) is 0 Å². The zero-order valence-electron chi connectivity index (χ0n) is 15.1. The molecule has 1 saturated heterocycles. The molecule has 2 rings (SSSR count). The predicted octanol–water partition coefficient (Wildman–Crippen LogP) is 3.26. The van der Waals surface area contributed by atoms with Gasteiger partial charge in [-0.15, -0.1) is 0 Å². The Morgan fingerprint density at radius 3 is 2.67 bits per heavy atom. The quantitative estimate of drug-likeness (QED) is 0.924. The van der Waals surface area contributed by atoms with E-state index in [1.807, 2.05) is 52.0 Å². The third kappa shape index (κ3) is 5.25. The highest BCUT2D eigenvalue weighted by Crippen LogP contribution is 2.20. The van der Waals surface area contributed by atoms with Crippen LogP contribution in [0.5, 0.6) is 0 Å². The summed E-state index contributed by atoms with van der Waals surface area (Å²) in [5.74, 6) is -0.165. The number of carbonyl (C=O) groups is 2. The number of nitrogens with zero attached hydrogens (tertiary/aromatic N) is 1. The first-order chi connectivity index (χ1) is 11.3. The summed E-state index contributed by atoms with van der Waals surface area (Å²) in [6, 6.07) is 8.01. The molecule has 5 nitrogen and oxygen atoms in total. The molecule has 1 aromatic rings. The van der Waals surface area contributed by atoms with Gasteiger partial charge in [-0.25, -0.2) is 4.79 Å². The number of hydrogen-bond donors (Lipinski definition) is 1. The van der Waals surface area contributed by atoms with Crippen LogP contribution in [0.4, 0.5) is 4.79 Å². The van der Waals surface area contributed by atoms with E-state index < -0.39 is 5.60 Å². The van der Waals surface area contributed by atoms with Gasteiger partial charge in [-0.3, -0.25) is 4.79 Å². The lowest BCUT2D eigenvalue weighted by Gasteiger charge is -2.33. The topological polar surface area (TPSA) is 58.6 Å². The molecule has 132 valence electrons. The molecule has 1 aliphatic rings. The first kappa shape index (κ1) is 18.3. The van der Waals surface area contributed by atoms with E-state index in [9.17, 15) is 9.59 Å². The van der Waals surface area contributed by atoms with Gasteiger partial charge >= 0.3 is 6.09 Å². The number of aryl methyl sites for hydroxylation is 1. The molecule has 0 unspecified atom stereocenters. The molecule has 5 heteroatoms. The van der Waals surface area contributed by atoms with Crippen molar-refractivity contribution in [2.75, 3.05) is 13.1 Å². The van der Waals surface area contributed by atoms with Crippen LogP contribution in [0.15, 0.2) is 24.3 Å². The normalized spacial score (nSPS) is 18.2. The first-order valence-corrected chi connectivity index (χ1v) is 8.56. The lowest BCUT2D eigenvalue weighted by molar-refractivity contribution is -0.126. The number of carbonyl (C=O) groups excluding carboxylic acids is 2. The van der Waals surface area contributed by atoms with Crippen LogP contribution < -0.4 is 5.32 Å². The fraction of sp³-hybridized carbons (Fsp3) is 0.579. The zero-order chi connectivity index (χ0) is 17.7. The molecule has 1 N–H and O–H groups in total. The second-order valence-electron chi connectivity index (χ2n) is 7.41. The van der Waals surface area contributed by atoms with Gasteiger partial charge in [0.15, 0.2) is 0 Å². The standard InChI is InChI=1S/C19H28N2O3/c1-14-8-5-6-9-15(14)12-20-17(22)16-10-7-11-21(13-16)18(23)24-19(2,3)4/h5-6,8-9,16H,7,10-13H2,1-4H3,(H,20,22)/t16-/m1/s1. The van der Waals surface area contributed by atoms with Crippen molar-refractivity contribution in [2.24, 2.45) is 5.92 Å². The number of hydrogen-bond acceptors (Lipinski definition) is 3. The smallest absolute Gasteiger partial charge is 0.410 e. The number of rotatable bonds is 3. The highest BCUT2D eigenvalue weighted by Gasteiger charge is 2.30. The van der Waals surface area contributed by atoms with E-state index in [2.05, 4.69) is 5.32 Å². The Kier molecular flexibility index (Phi) is 5.86. The average Bonchev–Trinajstić information content (AvgIpc) is 2.52. The minimum atomic E-state index is -0.517. The molecule has 1 fully saturated rings. The van der Waals surface area contributed by atoms with Crippen LogP contribution in [0.3, 0.4) is 0 Å². The molecule has 0 aliphatic carbocycles. The molecular weight excluding hydrogens is 304 g/mol. The highest BCUT2D eigenvalue weighted by atomic mass is 16.6. The van der Waals surface area contributed by atoms with Crippen LogP contribution >= 0.6 is 0 Å². The first-order valence-electron chi connectivity index (χ1n) is 8.56. The second-order valence-corrected chi connectivity index (χ2v) is 7.41. The molecule has 1 aliphatic heterocycles. The van der Waals surface area contributed by atoms with E-state index in [4.69, 9.17) is 4.74 Å². The number of piperidine rings is 1. The van der Waals surface area contributed by atoms with Crippen LogP contribution in [0.1, 0.15) is 44.7 Å². The Bertz CT molecular complexity index is 593. The highest BCUT2D eigenvalue weighted by molar-refractivity contribution is 5.80. The molecule has 0 spiro atoms. The van der Waals surface area contributed by atoms with Gasteiger partial charge in [-0.1, -0.05) is 24.3 Å². The molecule has 1 aromatic carbocycles. The lowest BCUT2D eigenvalue weighted by Crippen LogP contribution is -2.46. The van der Waals surface area contributed by atoms with Gasteiger partial charge in [0.2, 0.25) is 5.91 Å². The second kappa shape index (κ2) is 7.69. The maximum atomic E-state index is 12.4. The predicted molar refractivity (Wildman–Crippen MR) is 93.6 cm³/mol. The fourth-order valence-corrected chi connectivity index (χ4v) is 2.82. The maximum Gasteiger partial charge on any atom is 0.410 e. The summed E-state index contributed by atoms with van der Waals surface area (Å²) in [6.45, 7) is 9.18. The summed E-state index contributed by atoms with van der Waals surface area (Å²) < 4.78 is 5.41. The lowest BCUT2D eigenvalue weighted by atomic mass is 9.97. The Hall–Kier alpha value is -2.04. The minimum absolute atomic E-state index is 0.00603. The van der Waals surface area contributed by atoms with Gasteiger partial charge in [-0.2, -0.15) is 0 Å². The monoisotopic (exact) mass is 332 g/mol. The van der Waals surface area contributed by atoms with Gasteiger partial charge in [0, 0.05) is 19.6 Å². The van der Waals surface area contributed by atoms with Gasteiger partial charge < -0.3 is 15.0 Å². The molecule has 2 amide bonds. The summed E-state index contributed by atoms with van der Waals surface area (Å²) in [5, 5.41) is 3.00. The molecule has 24 heavy (non-hydrogen) atoms. The average molecular weight is 332 g/mol. The van der Waals surface area contributed by atoms with Crippen LogP contribution in [-0.4, -0.2) is 35.6 Å². The molecule has 1 heterocycles.